The number of aromatic nitrogens is 3. The first-order chi connectivity index (χ1) is 14.7. The van der Waals surface area contributed by atoms with Gasteiger partial charge in [0.15, 0.2) is 0 Å². The average Bonchev–Trinajstić information content (AvgIpc) is 2.80. The molecule has 0 aliphatic carbocycles. The number of aryl methyl sites for hydroxylation is 1. The molecule has 0 spiro atoms. The van der Waals surface area contributed by atoms with Gasteiger partial charge in [0.25, 0.3) is 0 Å². The zero-order valence-electron chi connectivity index (χ0n) is 17.1. The molecule has 4 heterocycles. The van der Waals surface area contributed by atoms with E-state index in [4.69, 9.17) is 4.74 Å². The molecule has 0 radical (unpaired) electrons. The summed E-state index contributed by atoms with van der Waals surface area (Å²) in [6, 6.07) is 9.30. The first-order valence-electron chi connectivity index (χ1n) is 10.4. The van der Waals surface area contributed by atoms with Crippen LogP contribution in [0.15, 0.2) is 36.7 Å². The maximum atomic E-state index is 14.3. The van der Waals surface area contributed by atoms with Crippen molar-refractivity contribution in [1.29, 1.82) is 0 Å². The third kappa shape index (κ3) is 3.63. The van der Waals surface area contributed by atoms with Crippen molar-refractivity contribution in [2.75, 3.05) is 67.2 Å². The van der Waals surface area contributed by atoms with Gasteiger partial charge in [-0.15, -0.1) is 0 Å². The molecule has 0 N–H and O–H groups in total. The molecular weight excluding hydrogens is 383 g/mol. The van der Waals surface area contributed by atoms with Crippen LogP contribution >= 0.6 is 0 Å². The predicted molar refractivity (Wildman–Crippen MR) is 116 cm³/mol. The molecular formula is C22H25FN6O. The number of halogens is 1. The van der Waals surface area contributed by atoms with Crippen molar-refractivity contribution in [3.8, 4) is 0 Å². The van der Waals surface area contributed by atoms with Crippen molar-refractivity contribution in [2.45, 2.75) is 6.92 Å². The van der Waals surface area contributed by atoms with Crippen molar-refractivity contribution in [3.05, 3.63) is 48.2 Å². The summed E-state index contributed by atoms with van der Waals surface area (Å²) >= 11 is 0. The molecule has 0 atom stereocenters. The van der Waals surface area contributed by atoms with Crippen molar-refractivity contribution in [3.63, 3.8) is 0 Å². The van der Waals surface area contributed by atoms with Crippen LogP contribution in [0.4, 0.5) is 21.7 Å². The topological polar surface area (TPSA) is 57.6 Å². The lowest BCUT2D eigenvalue weighted by Gasteiger charge is -2.37. The number of rotatable bonds is 3. The van der Waals surface area contributed by atoms with Crippen LogP contribution in [0, 0.1) is 12.7 Å². The molecule has 1 aromatic carbocycles. The Morgan fingerprint density at radius 1 is 0.867 bits per heavy atom. The number of pyridine rings is 1. The molecule has 3 aromatic rings. The summed E-state index contributed by atoms with van der Waals surface area (Å²) in [5.74, 6) is 1.64. The van der Waals surface area contributed by atoms with Gasteiger partial charge in [-0.2, -0.15) is 0 Å². The summed E-state index contributed by atoms with van der Waals surface area (Å²) in [5, 5.41) is 0.866. The van der Waals surface area contributed by atoms with Crippen LogP contribution < -0.4 is 14.7 Å². The first kappa shape index (κ1) is 19.0. The molecule has 0 bridgehead atoms. The van der Waals surface area contributed by atoms with E-state index in [9.17, 15) is 4.39 Å². The largest absolute Gasteiger partial charge is 0.378 e. The SMILES string of the molecule is Cc1cc(N2CCN(c3cc(N4CCOCC4)ncn3)CC2)c2cccc(F)c2n1. The Hall–Kier alpha value is -3.00. The van der Waals surface area contributed by atoms with Gasteiger partial charge in [0.1, 0.15) is 29.3 Å². The van der Waals surface area contributed by atoms with E-state index in [0.29, 0.717) is 5.52 Å². The second-order valence-corrected chi connectivity index (χ2v) is 7.73. The molecule has 0 unspecified atom stereocenters. The lowest BCUT2D eigenvalue weighted by atomic mass is 10.1. The molecule has 7 nitrogen and oxygen atoms in total. The first-order valence-corrected chi connectivity index (χ1v) is 10.4. The van der Waals surface area contributed by atoms with Crippen LogP contribution in [0.25, 0.3) is 10.9 Å². The molecule has 2 aromatic heterocycles. The summed E-state index contributed by atoms with van der Waals surface area (Å²) in [7, 11) is 0. The Bertz CT molecular complexity index is 1050. The van der Waals surface area contributed by atoms with E-state index in [0.717, 1.165) is 80.9 Å². The minimum atomic E-state index is -0.271. The van der Waals surface area contributed by atoms with Crippen LogP contribution in [0.3, 0.4) is 0 Å². The summed E-state index contributed by atoms with van der Waals surface area (Å²) in [6.45, 7) is 8.47. The van der Waals surface area contributed by atoms with E-state index < -0.39 is 0 Å². The second-order valence-electron chi connectivity index (χ2n) is 7.73. The highest BCUT2D eigenvalue weighted by Gasteiger charge is 2.22. The number of piperazine rings is 1. The predicted octanol–water partition coefficient (Wildman–Crippen LogP) is 2.64. The number of nitrogens with zero attached hydrogens (tertiary/aromatic N) is 6. The van der Waals surface area contributed by atoms with Gasteiger partial charge >= 0.3 is 0 Å². The number of hydrogen-bond donors (Lipinski definition) is 0. The number of benzene rings is 1. The summed E-state index contributed by atoms with van der Waals surface area (Å²) < 4.78 is 19.7. The maximum absolute atomic E-state index is 14.3. The highest BCUT2D eigenvalue weighted by Crippen LogP contribution is 2.30. The molecule has 30 heavy (non-hydrogen) atoms. The molecule has 8 heteroatoms. The fraction of sp³-hybridized carbons (Fsp3) is 0.409. The monoisotopic (exact) mass is 408 g/mol. The third-order valence-corrected chi connectivity index (χ3v) is 5.81. The number of ether oxygens (including phenoxy) is 1. The Morgan fingerprint density at radius 3 is 2.27 bits per heavy atom. The third-order valence-electron chi connectivity index (χ3n) is 5.81. The van der Waals surface area contributed by atoms with E-state index in [1.165, 1.54) is 6.07 Å². The fourth-order valence-electron chi connectivity index (χ4n) is 4.23. The lowest BCUT2D eigenvalue weighted by Crippen LogP contribution is -2.47. The molecule has 156 valence electrons. The van der Waals surface area contributed by atoms with Gasteiger partial charge in [-0.25, -0.2) is 19.3 Å². The van der Waals surface area contributed by atoms with Gasteiger partial charge in [0.05, 0.1) is 13.2 Å². The van der Waals surface area contributed by atoms with Gasteiger partial charge < -0.3 is 19.4 Å². The van der Waals surface area contributed by atoms with Crippen LogP contribution in [-0.2, 0) is 4.74 Å². The quantitative estimate of drug-likeness (QED) is 0.660. The standard InChI is InChI=1S/C22H25FN6O/c1-16-13-19(17-3-2-4-18(23)22(17)26-16)27-5-7-28(8-6-27)20-14-21(25-15-24-20)29-9-11-30-12-10-29/h2-4,13-15H,5-12H2,1H3. The molecule has 5 rings (SSSR count). The van der Waals surface area contributed by atoms with E-state index in [1.54, 1.807) is 12.4 Å². The fourth-order valence-corrected chi connectivity index (χ4v) is 4.23. The van der Waals surface area contributed by atoms with Gasteiger partial charge in [-0.05, 0) is 19.1 Å². The Morgan fingerprint density at radius 2 is 1.53 bits per heavy atom. The number of anilines is 3. The molecule has 2 fully saturated rings. The number of fused-ring (bicyclic) bond motifs is 1. The van der Waals surface area contributed by atoms with Crippen LogP contribution in [0.5, 0.6) is 0 Å². The Balaban J connectivity index is 1.34. The van der Waals surface area contributed by atoms with Gasteiger partial charge in [-0.1, -0.05) is 12.1 Å². The number of morpholine rings is 1. The van der Waals surface area contributed by atoms with E-state index in [2.05, 4.69) is 41.8 Å². The van der Waals surface area contributed by atoms with Crippen LogP contribution in [-0.4, -0.2) is 67.4 Å². The maximum Gasteiger partial charge on any atom is 0.149 e. The van der Waals surface area contributed by atoms with Crippen molar-refractivity contribution >= 4 is 28.2 Å². The molecule has 0 saturated carbocycles. The minimum absolute atomic E-state index is 0.271. The molecule has 2 saturated heterocycles. The van der Waals surface area contributed by atoms with Crippen LogP contribution in [0.1, 0.15) is 5.69 Å². The molecule has 2 aliphatic rings. The number of hydrogen-bond acceptors (Lipinski definition) is 7. The summed E-state index contributed by atoms with van der Waals surface area (Å²) in [6.07, 6.45) is 1.65. The van der Waals surface area contributed by atoms with E-state index >= 15 is 0 Å². The summed E-state index contributed by atoms with van der Waals surface area (Å²) in [4.78, 5) is 20.2. The molecule has 0 amide bonds. The smallest absolute Gasteiger partial charge is 0.149 e. The Labute approximate surface area is 175 Å². The zero-order valence-corrected chi connectivity index (χ0v) is 17.1. The van der Waals surface area contributed by atoms with Crippen molar-refractivity contribution in [1.82, 2.24) is 15.0 Å². The zero-order chi connectivity index (χ0) is 20.5. The highest BCUT2D eigenvalue weighted by atomic mass is 19.1. The normalized spacial score (nSPS) is 17.6. The lowest BCUT2D eigenvalue weighted by molar-refractivity contribution is 0.122. The van der Waals surface area contributed by atoms with E-state index in [-0.39, 0.29) is 5.82 Å². The Kier molecular flexibility index (Phi) is 5.08. The minimum Gasteiger partial charge on any atom is -0.378 e. The van der Waals surface area contributed by atoms with Gasteiger partial charge in [0, 0.05) is 62.1 Å². The van der Waals surface area contributed by atoms with Crippen molar-refractivity contribution < 1.29 is 9.13 Å². The summed E-state index contributed by atoms with van der Waals surface area (Å²) in [5.41, 5.74) is 2.32. The highest BCUT2D eigenvalue weighted by molar-refractivity contribution is 5.92. The van der Waals surface area contributed by atoms with E-state index in [1.807, 2.05) is 13.0 Å². The van der Waals surface area contributed by atoms with Gasteiger partial charge in [0.2, 0.25) is 0 Å². The van der Waals surface area contributed by atoms with Crippen LogP contribution in [0.2, 0.25) is 0 Å². The van der Waals surface area contributed by atoms with Crippen molar-refractivity contribution in [2.24, 2.45) is 0 Å². The average molecular weight is 408 g/mol. The molecule has 2 aliphatic heterocycles. The second kappa shape index (κ2) is 8.02. The van der Waals surface area contributed by atoms with Gasteiger partial charge in [-0.3, -0.25) is 0 Å². The number of para-hydroxylation sites is 1.